The fourth-order valence-electron chi connectivity index (χ4n) is 0.585. The first-order valence-corrected chi connectivity index (χ1v) is 2.75. The number of isocyanates is 1. The third kappa shape index (κ3) is 3.57. The lowest BCUT2D eigenvalue weighted by Crippen LogP contribution is -2.11. The average Bonchev–Trinajstić information content (AvgIpc) is 1.65. The number of hydrogen-bond acceptors (Lipinski definition) is 1. The Morgan fingerprint density at radius 3 is 2.25 bits per heavy atom. The van der Waals surface area contributed by atoms with Gasteiger partial charge in [-0.2, -0.15) is 9.37 Å². The number of nitrogens with zero attached hydrogens (tertiary/aromatic N) is 1. The molecule has 8 heavy (non-hydrogen) atoms. The van der Waals surface area contributed by atoms with Crippen molar-refractivity contribution in [2.75, 3.05) is 13.6 Å². The van der Waals surface area contributed by atoms with Gasteiger partial charge < -0.3 is 0 Å². The second-order valence-electron chi connectivity index (χ2n) is 2.37. The molecule has 0 aromatic rings. The van der Waals surface area contributed by atoms with Gasteiger partial charge in [-0.25, -0.2) is 0 Å². The van der Waals surface area contributed by atoms with Crippen LogP contribution in [0.2, 0.25) is 0 Å². The van der Waals surface area contributed by atoms with Gasteiger partial charge in [-0.05, 0) is 0 Å². The lowest BCUT2D eigenvalue weighted by atomic mass is 10.2. The molecule has 0 aliphatic heterocycles. The summed E-state index contributed by atoms with van der Waals surface area (Å²) in [6.45, 7) is 4.92. The van der Waals surface area contributed by atoms with E-state index in [1.165, 1.54) is 4.58 Å². The molecule has 0 unspecified atom stereocenters. The van der Waals surface area contributed by atoms with Gasteiger partial charge in [0.1, 0.15) is 7.05 Å². The molecular formula is C6H12NO+. The first-order valence-electron chi connectivity index (χ1n) is 2.75. The fraction of sp³-hybridized carbons (Fsp3) is 0.833. The maximum absolute atomic E-state index is 9.84. The van der Waals surface area contributed by atoms with Crippen LogP contribution in [-0.4, -0.2) is 24.2 Å². The van der Waals surface area contributed by atoms with E-state index in [0.29, 0.717) is 5.92 Å². The second kappa shape index (κ2) is 3.39. The molecule has 0 aromatic carbocycles. The molecule has 2 nitrogen and oxygen atoms in total. The molecule has 0 radical (unpaired) electrons. The quantitative estimate of drug-likeness (QED) is 0.293. The van der Waals surface area contributed by atoms with E-state index in [4.69, 9.17) is 0 Å². The Kier molecular flexibility index (Phi) is 3.13. The Morgan fingerprint density at radius 1 is 1.62 bits per heavy atom. The molecule has 0 rings (SSSR count). The van der Waals surface area contributed by atoms with E-state index in [0.717, 1.165) is 6.54 Å². The SMILES string of the molecule is CC(C)C[N+](C)=C=O. The lowest BCUT2D eigenvalue weighted by molar-refractivity contribution is -0.500. The first-order chi connectivity index (χ1) is 3.66. The highest BCUT2D eigenvalue weighted by Crippen LogP contribution is 1.88. The number of rotatable bonds is 2. The lowest BCUT2D eigenvalue weighted by Gasteiger charge is -1.93. The minimum absolute atomic E-state index is 0.543. The summed E-state index contributed by atoms with van der Waals surface area (Å²) in [5, 5.41) is 0. The van der Waals surface area contributed by atoms with E-state index in [-0.39, 0.29) is 0 Å². The van der Waals surface area contributed by atoms with Gasteiger partial charge in [-0.15, -0.1) is 0 Å². The summed E-state index contributed by atoms with van der Waals surface area (Å²) in [5.74, 6) is 0.543. The number of carbonyl (C=O) groups excluding carboxylic acids is 1. The standard InChI is InChI=1S/C6H12NO/c1-6(2)4-7(3)5-8/h6H,4H2,1-3H3/q+1. The van der Waals surface area contributed by atoms with Gasteiger partial charge in [-0.3, -0.25) is 0 Å². The summed E-state index contributed by atoms with van der Waals surface area (Å²) in [6.07, 6.45) is 1.78. The molecule has 0 aliphatic carbocycles. The molecule has 0 aliphatic rings. The predicted octanol–water partition coefficient (Wildman–Crippen LogP) is 0.620. The van der Waals surface area contributed by atoms with Crippen molar-refractivity contribution in [2.24, 2.45) is 5.92 Å². The highest BCUT2D eigenvalue weighted by Gasteiger charge is 1.99. The Labute approximate surface area is 49.8 Å². The van der Waals surface area contributed by atoms with Crippen molar-refractivity contribution in [1.29, 1.82) is 0 Å². The third-order valence-electron chi connectivity index (χ3n) is 0.795. The summed E-state index contributed by atoms with van der Waals surface area (Å²) >= 11 is 0. The molecule has 0 saturated heterocycles. The zero-order valence-corrected chi connectivity index (χ0v) is 5.64. The van der Waals surface area contributed by atoms with Crippen molar-refractivity contribution in [3.05, 3.63) is 0 Å². The normalized spacial score (nSPS) is 9.00. The topological polar surface area (TPSA) is 20.1 Å². The maximum Gasteiger partial charge on any atom is 0.423 e. The van der Waals surface area contributed by atoms with Crippen LogP contribution in [0, 0.1) is 5.92 Å². The zero-order chi connectivity index (χ0) is 6.57. The van der Waals surface area contributed by atoms with Crippen molar-refractivity contribution in [2.45, 2.75) is 13.8 Å². The van der Waals surface area contributed by atoms with Crippen LogP contribution in [-0.2, 0) is 4.79 Å². The fourth-order valence-corrected chi connectivity index (χ4v) is 0.585. The number of hydrogen-bond donors (Lipinski definition) is 0. The van der Waals surface area contributed by atoms with Crippen LogP contribution >= 0.6 is 0 Å². The van der Waals surface area contributed by atoms with Crippen LogP contribution in [0.4, 0.5) is 0 Å². The smallest absolute Gasteiger partial charge is 0.159 e. The molecule has 0 spiro atoms. The molecule has 2 heteroatoms. The highest BCUT2D eigenvalue weighted by molar-refractivity contribution is 5.24. The van der Waals surface area contributed by atoms with E-state index < -0.39 is 0 Å². The van der Waals surface area contributed by atoms with Crippen LogP contribution in [0.1, 0.15) is 13.8 Å². The van der Waals surface area contributed by atoms with Gasteiger partial charge in [0.15, 0.2) is 6.54 Å². The summed E-state index contributed by atoms with van der Waals surface area (Å²) in [6, 6.07) is 0. The van der Waals surface area contributed by atoms with Crippen molar-refractivity contribution in [3.8, 4) is 0 Å². The third-order valence-corrected chi connectivity index (χ3v) is 0.795. The summed E-state index contributed by atoms with van der Waals surface area (Å²) < 4.78 is 1.52. The molecule has 0 atom stereocenters. The molecular weight excluding hydrogens is 102 g/mol. The maximum atomic E-state index is 9.84. The predicted molar refractivity (Wildman–Crippen MR) is 31.6 cm³/mol. The molecule has 0 saturated carbocycles. The zero-order valence-electron chi connectivity index (χ0n) is 5.64. The Bertz CT molecular complexity index is 112. The van der Waals surface area contributed by atoms with Crippen molar-refractivity contribution < 1.29 is 9.37 Å². The molecule has 0 fully saturated rings. The Hall–Kier alpha value is -0.620. The highest BCUT2D eigenvalue weighted by atomic mass is 16.1. The van der Waals surface area contributed by atoms with E-state index in [2.05, 4.69) is 13.8 Å². The Balaban J connectivity index is 3.56. The van der Waals surface area contributed by atoms with Crippen molar-refractivity contribution in [3.63, 3.8) is 0 Å². The van der Waals surface area contributed by atoms with Crippen LogP contribution in [0.5, 0.6) is 0 Å². The van der Waals surface area contributed by atoms with E-state index in [1.54, 1.807) is 13.1 Å². The van der Waals surface area contributed by atoms with Gasteiger partial charge in [0, 0.05) is 5.92 Å². The van der Waals surface area contributed by atoms with Crippen molar-refractivity contribution >= 4 is 6.08 Å². The first kappa shape index (κ1) is 7.38. The van der Waals surface area contributed by atoms with Gasteiger partial charge in [-0.1, -0.05) is 13.8 Å². The molecule has 0 bridgehead atoms. The molecule has 0 aromatic heterocycles. The van der Waals surface area contributed by atoms with Gasteiger partial charge in [0.05, 0.1) is 0 Å². The van der Waals surface area contributed by atoms with Gasteiger partial charge in [0.2, 0.25) is 0 Å². The second-order valence-corrected chi connectivity index (χ2v) is 2.37. The van der Waals surface area contributed by atoms with Crippen LogP contribution in [0.25, 0.3) is 0 Å². The van der Waals surface area contributed by atoms with Crippen LogP contribution in [0.15, 0.2) is 0 Å². The average molecular weight is 114 g/mol. The van der Waals surface area contributed by atoms with E-state index in [9.17, 15) is 4.79 Å². The largest absolute Gasteiger partial charge is 0.423 e. The molecule has 0 heterocycles. The van der Waals surface area contributed by atoms with E-state index in [1.807, 2.05) is 0 Å². The van der Waals surface area contributed by atoms with Crippen molar-refractivity contribution in [1.82, 2.24) is 0 Å². The monoisotopic (exact) mass is 114 g/mol. The molecule has 0 N–H and O–H groups in total. The van der Waals surface area contributed by atoms with Gasteiger partial charge >= 0.3 is 6.08 Å². The molecule has 0 amide bonds. The van der Waals surface area contributed by atoms with Crippen LogP contribution < -0.4 is 0 Å². The Morgan fingerprint density at radius 2 is 2.12 bits per heavy atom. The van der Waals surface area contributed by atoms with Crippen LogP contribution in [0.3, 0.4) is 0 Å². The van der Waals surface area contributed by atoms with Gasteiger partial charge in [0.25, 0.3) is 0 Å². The summed E-state index contributed by atoms with van der Waals surface area (Å²) in [4.78, 5) is 9.84. The van der Waals surface area contributed by atoms with E-state index >= 15 is 0 Å². The summed E-state index contributed by atoms with van der Waals surface area (Å²) in [7, 11) is 1.73. The minimum atomic E-state index is 0.543. The molecule has 46 valence electrons. The summed E-state index contributed by atoms with van der Waals surface area (Å²) in [5.41, 5.74) is 0. The minimum Gasteiger partial charge on any atom is -0.159 e.